The summed E-state index contributed by atoms with van der Waals surface area (Å²) < 4.78 is 0. The van der Waals surface area contributed by atoms with E-state index < -0.39 is 5.60 Å². The van der Waals surface area contributed by atoms with Crippen LogP contribution in [0.3, 0.4) is 0 Å². The SMILES string of the molecule is CCCc1cc(NCC2(O)CCC2)ncn1. The van der Waals surface area contributed by atoms with Gasteiger partial charge >= 0.3 is 0 Å². The highest BCUT2D eigenvalue weighted by Gasteiger charge is 2.33. The Bertz CT molecular complexity index is 350. The van der Waals surface area contributed by atoms with Crippen molar-refractivity contribution in [1.82, 2.24) is 9.97 Å². The molecular formula is C12H19N3O. The molecule has 1 aromatic rings. The van der Waals surface area contributed by atoms with Crippen molar-refractivity contribution in [3.8, 4) is 0 Å². The summed E-state index contributed by atoms with van der Waals surface area (Å²) in [6.45, 7) is 2.72. The van der Waals surface area contributed by atoms with Gasteiger partial charge in [0.05, 0.1) is 5.60 Å². The zero-order chi connectivity index (χ0) is 11.4. The van der Waals surface area contributed by atoms with Crippen molar-refractivity contribution in [1.29, 1.82) is 0 Å². The smallest absolute Gasteiger partial charge is 0.129 e. The van der Waals surface area contributed by atoms with Crippen molar-refractivity contribution in [2.75, 3.05) is 11.9 Å². The van der Waals surface area contributed by atoms with Gasteiger partial charge in [-0.3, -0.25) is 0 Å². The van der Waals surface area contributed by atoms with Crippen molar-refractivity contribution >= 4 is 5.82 Å². The fraction of sp³-hybridized carbons (Fsp3) is 0.667. The van der Waals surface area contributed by atoms with Gasteiger partial charge in [0.25, 0.3) is 0 Å². The van der Waals surface area contributed by atoms with E-state index in [0.717, 1.165) is 43.6 Å². The van der Waals surface area contributed by atoms with E-state index in [2.05, 4.69) is 22.2 Å². The number of hydrogen-bond donors (Lipinski definition) is 2. The second-order valence-electron chi connectivity index (χ2n) is 4.58. The molecule has 0 unspecified atom stereocenters. The van der Waals surface area contributed by atoms with Gasteiger partial charge in [0.1, 0.15) is 12.1 Å². The Morgan fingerprint density at radius 1 is 1.44 bits per heavy atom. The molecule has 1 heterocycles. The molecule has 4 nitrogen and oxygen atoms in total. The Labute approximate surface area is 96.1 Å². The van der Waals surface area contributed by atoms with Crippen molar-refractivity contribution in [2.45, 2.75) is 44.6 Å². The van der Waals surface area contributed by atoms with Gasteiger partial charge in [-0.2, -0.15) is 0 Å². The van der Waals surface area contributed by atoms with E-state index in [0.29, 0.717) is 6.54 Å². The molecule has 16 heavy (non-hydrogen) atoms. The van der Waals surface area contributed by atoms with E-state index in [9.17, 15) is 5.11 Å². The molecule has 1 aliphatic carbocycles. The highest BCUT2D eigenvalue weighted by atomic mass is 16.3. The number of nitrogens with zero attached hydrogens (tertiary/aromatic N) is 2. The molecule has 0 radical (unpaired) electrons. The van der Waals surface area contributed by atoms with Gasteiger partial charge in [-0.1, -0.05) is 13.3 Å². The van der Waals surface area contributed by atoms with E-state index in [1.165, 1.54) is 0 Å². The maximum Gasteiger partial charge on any atom is 0.129 e. The Hall–Kier alpha value is -1.16. The van der Waals surface area contributed by atoms with Crippen LogP contribution in [0.15, 0.2) is 12.4 Å². The van der Waals surface area contributed by atoms with Crippen LogP contribution in [-0.4, -0.2) is 27.2 Å². The molecule has 1 aromatic heterocycles. The Morgan fingerprint density at radius 3 is 2.88 bits per heavy atom. The van der Waals surface area contributed by atoms with Crippen molar-refractivity contribution in [3.05, 3.63) is 18.1 Å². The summed E-state index contributed by atoms with van der Waals surface area (Å²) in [5.74, 6) is 0.818. The molecule has 0 bridgehead atoms. The van der Waals surface area contributed by atoms with Gasteiger partial charge in [0, 0.05) is 18.3 Å². The summed E-state index contributed by atoms with van der Waals surface area (Å²) in [6.07, 6.45) is 6.56. The first-order valence-electron chi connectivity index (χ1n) is 5.99. The van der Waals surface area contributed by atoms with Crippen molar-refractivity contribution < 1.29 is 5.11 Å². The second-order valence-corrected chi connectivity index (χ2v) is 4.58. The lowest BCUT2D eigenvalue weighted by atomic mass is 9.80. The summed E-state index contributed by atoms with van der Waals surface area (Å²) in [7, 11) is 0. The minimum atomic E-state index is -0.504. The molecule has 1 fully saturated rings. The van der Waals surface area contributed by atoms with Gasteiger partial charge in [0.2, 0.25) is 0 Å². The van der Waals surface area contributed by atoms with Gasteiger partial charge < -0.3 is 10.4 Å². The lowest BCUT2D eigenvalue weighted by Gasteiger charge is -2.36. The van der Waals surface area contributed by atoms with Crippen LogP contribution in [0.2, 0.25) is 0 Å². The number of anilines is 1. The van der Waals surface area contributed by atoms with Crippen LogP contribution in [0.4, 0.5) is 5.82 Å². The van der Waals surface area contributed by atoms with Crippen LogP contribution in [0.5, 0.6) is 0 Å². The normalized spacial score (nSPS) is 17.9. The Morgan fingerprint density at radius 2 is 2.25 bits per heavy atom. The zero-order valence-electron chi connectivity index (χ0n) is 9.74. The average molecular weight is 221 g/mol. The molecular weight excluding hydrogens is 202 g/mol. The van der Waals surface area contributed by atoms with Gasteiger partial charge in [0.15, 0.2) is 0 Å². The summed E-state index contributed by atoms with van der Waals surface area (Å²) >= 11 is 0. The molecule has 0 atom stereocenters. The van der Waals surface area contributed by atoms with Crippen LogP contribution in [0.1, 0.15) is 38.3 Å². The minimum Gasteiger partial charge on any atom is -0.388 e. The third-order valence-electron chi connectivity index (χ3n) is 3.11. The number of aliphatic hydroxyl groups is 1. The van der Waals surface area contributed by atoms with E-state index in [4.69, 9.17) is 0 Å². The fourth-order valence-corrected chi connectivity index (χ4v) is 1.90. The maximum atomic E-state index is 9.94. The maximum absolute atomic E-state index is 9.94. The molecule has 1 aliphatic rings. The molecule has 0 aliphatic heterocycles. The first-order chi connectivity index (χ1) is 7.72. The number of hydrogen-bond acceptors (Lipinski definition) is 4. The third kappa shape index (κ3) is 2.70. The number of aryl methyl sites for hydroxylation is 1. The molecule has 0 aromatic carbocycles. The first-order valence-corrected chi connectivity index (χ1v) is 5.99. The molecule has 2 rings (SSSR count). The van der Waals surface area contributed by atoms with E-state index in [1.54, 1.807) is 6.33 Å². The number of rotatable bonds is 5. The largest absolute Gasteiger partial charge is 0.388 e. The van der Waals surface area contributed by atoms with Crippen LogP contribution >= 0.6 is 0 Å². The summed E-state index contributed by atoms with van der Waals surface area (Å²) in [4.78, 5) is 8.34. The summed E-state index contributed by atoms with van der Waals surface area (Å²) in [5, 5.41) is 13.1. The quantitative estimate of drug-likeness (QED) is 0.795. The predicted octanol–water partition coefficient (Wildman–Crippen LogP) is 1.76. The molecule has 0 saturated heterocycles. The third-order valence-corrected chi connectivity index (χ3v) is 3.11. The van der Waals surface area contributed by atoms with Crippen molar-refractivity contribution in [3.63, 3.8) is 0 Å². The van der Waals surface area contributed by atoms with E-state index in [-0.39, 0.29) is 0 Å². The van der Waals surface area contributed by atoms with Gasteiger partial charge in [-0.25, -0.2) is 9.97 Å². The van der Waals surface area contributed by atoms with E-state index in [1.807, 2.05) is 6.07 Å². The molecule has 0 spiro atoms. The first kappa shape index (κ1) is 11.3. The highest BCUT2D eigenvalue weighted by Crippen LogP contribution is 2.31. The molecule has 0 amide bonds. The summed E-state index contributed by atoms with van der Waals surface area (Å²) in [6, 6.07) is 1.96. The molecule has 2 N–H and O–H groups in total. The monoisotopic (exact) mass is 221 g/mol. The Balaban J connectivity index is 1.90. The van der Waals surface area contributed by atoms with E-state index >= 15 is 0 Å². The van der Waals surface area contributed by atoms with Crippen LogP contribution < -0.4 is 5.32 Å². The van der Waals surface area contributed by atoms with Gasteiger partial charge in [-0.05, 0) is 25.7 Å². The molecule has 4 heteroatoms. The highest BCUT2D eigenvalue weighted by molar-refractivity contribution is 5.35. The minimum absolute atomic E-state index is 0.504. The summed E-state index contributed by atoms with van der Waals surface area (Å²) in [5.41, 5.74) is 0.552. The van der Waals surface area contributed by atoms with Crippen LogP contribution in [0.25, 0.3) is 0 Å². The van der Waals surface area contributed by atoms with Crippen LogP contribution in [0, 0.1) is 0 Å². The lowest BCUT2D eigenvalue weighted by molar-refractivity contribution is -0.0202. The average Bonchev–Trinajstić information content (AvgIpc) is 2.25. The molecule has 88 valence electrons. The number of aromatic nitrogens is 2. The zero-order valence-corrected chi connectivity index (χ0v) is 9.74. The second kappa shape index (κ2) is 4.78. The lowest BCUT2D eigenvalue weighted by Crippen LogP contribution is -2.43. The topological polar surface area (TPSA) is 58.0 Å². The number of nitrogens with one attached hydrogen (secondary N) is 1. The van der Waals surface area contributed by atoms with Crippen molar-refractivity contribution in [2.24, 2.45) is 0 Å². The predicted molar refractivity (Wildman–Crippen MR) is 63.3 cm³/mol. The Kier molecular flexibility index (Phi) is 3.39. The molecule has 1 saturated carbocycles. The van der Waals surface area contributed by atoms with Gasteiger partial charge in [-0.15, -0.1) is 0 Å². The standard InChI is InChI=1S/C12H19N3O/c1-2-4-10-7-11(15-9-14-10)13-8-12(16)5-3-6-12/h7,9,16H,2-6,8H2,1H3,(H,13,14,15). The van der Waals surface area contributed by atoms with Crippen LogP contribution in [-0.2, 0) is 6.42 Å². The fourth-order valence-electron chi connectivity index (χ4n) is 1.90.